The zero-order valence-corrected chi connectivity index (χ0v) is 13.6. The molecule has 3 rings (SSSR count). The highest BCUT2D eigenvalue weighted by Gasteiger charge is 2.14. The van der Waals surface area contributed by atoms with Gasteiger partial charge in [-0.2, -0.15) is 5.10 Å². The van der Waals surface area contributed by atoms with E-state index < -0.39 is 0 Å². The van der Waals surface area contributed by atoms with Gasteiger partial charge in [0.25, 0.3) is 11.5 Å². The number of carbonyl (C=O) groups is 1. The van der Waals surface area contributed by atoms with Crippen molar-refractivity contribution in [3.05, 3.63) is 51.6 Å². The van der Waals surface area contributed by atoms with Gasteiger partial charge in [0.2, 0.25) is 5.88 Å². The average Bonchev–Trinajstić information content (AvgIpc) is 2.62. The van der Waals surface area contributed by atoms with Crippen LogP contribution in [0.2, 0.25) is 0 Å². The quantitative estimate of drug-likeness (QED) is 0.883. The number of methoxy groups -OCH3 is 1. The number of nitrogens with zero attached hydrogens (tertiary/aromatic N) is 3. The summed E-state index contributed by atoms with van der Waals surface area (Å²) in [6, 6.07) is 4.99. The van der Waals surface area contributed by atoms with Crippen molar-refractivity contribution in [1.29, 1.82) is 0 Å². The van der Waals surface area contributed by atoms with Crippen LogP contribution in [-0.4, -0.2) is 34.3 Å². The van der Waals surface area contributed by atoms with Crippen LogP contribution in [0.4, 0.5) is 0 Å². The second-order valence-corrected chi connectivity index (χ2v) is 5.70. The minimum Gasteiger partial charge on any atom is -0.480 e. The number of ether oxygens (including phenoxy) is 1. The molecule has 7 nitrogen and oxygen atoms in total. The van der Waals surface area contributed by atoms with Crippen LogP contribution in [-0.2, 0) is 19.4 Å². The summed E-state index contributed by atoms with van der Waals surface area (Å²) in [5.74, 6) is -0.00923. The van der Waals surface area contributed by atoms with E-state index in [0.29, 0.717) is 18.7 Å². The van der Waals surface area contributed by atoms with Crippen LogP contribution in [0, 0.1) is 0 Å². The van der Waals surface area contributed by atoms with E-state index in [9.17, 15) is 9.59 Å². The Morgan fingerprint density at radius 2 is 2.21 bits per heavy atom. The van der Waals surface area contributed by atoms with Crippen molar-refractivity contribution in [3.63, 3.8) is 0 Å². The second kappa shape index (κ2) is 7.25. The summed E-state index contributed by atoms with van der Waals surface area (Å²) < 4.78 is 6.49. The van der Waals surface area contributed by atoms with Gasteiger partial charge < -0.3 is 10.1 Å². The number of nitrogens with one attached hydrogen (secondary N) is 1. The summed E-state index contributed by atoms with van der Waals surface area (Å²) in [6.07, 6.45) is 5.62. The van der Waals surface area contributed by atoms with Crippen LogP contribution >= 0.6 is 0 Å². The molecule has 2 aromatic rings. The summed E-state index contributed by atoms with van der Waals surface area (Å²) in [5, 5.41) is 7.20. The van der Waals surface area contributed by atoms with Gasteiger partial charge >= 0.3 is 0 Å². The number of pyridine rings is 1. The third-order valence-electron chi connectivity index (χ3n) is 4.09. The minimum atomic E-state index is -0.286. The summed E-state index contributed by atoms with van der Waals surface area (Å²) in [5.41, 5.74) is 2.31. The fraction of sp³-hybridized carbons (Fsp3) is 0.412. The maximum Gasteiger partial charge on any atom is 0.267 e. The number of hydrogen-bond acceptors (Lipinski definition) is 5. The van der Waals surface area contributed by atoms with Crippen molar-refractivity contribution in [2.75, 3.05) is 13.7 Å². The molecule has 0 aromatic carbocycles. The number of carbonyl (C=O) groups excluding carboxylic acids is 1. The van der Waals surface area contributed by atoms with Gasteiger partial charge in [0.15, 0.2) is 0 Å². The molecule has 1 aliphatic rings. The van der Waals surface area contributed by atoms with Crippen LogP contribution in [0.1, 0.15) is 34.5 Å². The van der Waals surface area contributed by atoms with E-state index in [1.165, 1.54) is 11.8 Å². The highest BCUT2D eigenvalue weighted by molar-refractivity contribution is 5.96. The van der Waals surface area contributed by atoms with E-state index in [0.717, 1.165) is 36.9 Å². The van der Waals surface area contributed by atoms with E-state index in [4.69, 9.17) is 4.74 Å². The normalized spacial score (nSPS) is 13.2. The van der Waals surface area contributed by atoms with Crippen molar-refractivity contribution >= 4 is 5.91 Å². The van der Waals surface area contributed by atoms with Crippen LogP contribution in [0.25, 0.3) is 0 Å². The molecular weight excluding hydrogens is 308 g/mol. The monoisotopic (exact) mass is 328 g/mol. The molecule has 0 saturated heterocycles. The predicted octanol–water partition coefficient (Wildman–Crippen LogP) is 0.956. The number of amides is 1. The topological polar surface area (TPSA) is 86.1 Å². The molecule has 0 bridgehead atoms. The highest BCUT2D eigenvalue weighted by Crippen LogP contribution is 2.16. The molecule has 0 unspecified atom stereocenters. The zero-order valence-electron chi connectivity index (χ0n) is 13.6. The molecule has 126 valence electrons. The number of aromatic nitrogens is 3. The third-order valence-corrected chi connectivity index (χ3v) is 4.09. The van der Waals surface area contributed by atoms with E-state index in [-0.39, 0.29) is 17.3 Å². The van der Waals surface area contributed by atoms with E-state index >= 15 is 0 Å². The second-order valence-electron chi connectivity index (χ2n) is 5.70. The lowest BCUT2D eigenvalue weighted by atomic mass is 9.97. The minimum absolute atomic E-state index is 0.121. The first kappa shape index (κ1) is 16.2. The fourth-order valence-corrected chi connectivity index (χ4v) is 2.86. The molecule has 0 aliphatic heterocycles. The summed E-state index contributed by atoms with van der Waals surface area (Å²) >= 11 is 0. The lowest BCUT2D eigenvalue weighted by molar-refractivity contribution is 0.0948. The van der Waals surface area contributed by atoms with Gasteiger partial charge in [-0.05, 0) is 43.4 Å². The third kappa shape index (κ3) is 3.45. The zero-order chi connectivity index (χ0) is 16.9. The van der Waals surface area contributed by atoms with Crippen molar-refractivity contribution in [3.8, 4) is 5.88 Å². The van der Waals surface area contributed by atoms with E-state index in [1.54, 1.807) is 24.4 Å². The molecule has 0 atom stereocenters. The van der Waals surface area contributed by atoms with Gasteiger partial charge in [0, 0.05) is 18.8 Å². The van der Waals surface area contributed by atoms with E-state index in [2.05, 4.69) is 15.4 Å². The summed E-state index contributed by atoms with van der Waals surface area (Å²) in [6.45, 7) is 0.642. The largest absolute Gasteiger partial charge is 0.480 e. The highest BCUT2D eigenvalue weighted by atomic mass is 16.5. The first-order chi connectivity index (χ1) is 11.7. The van der Waals surface area contributed by atoms with Crippen LogP contribution < -0.4 is 15.6 Å². The van der Waals surface area contributed by atoms with Gasteiger partial charge in [0.1, 0.15) is 5.56 Å². The Balaban J connectivity index is 1.64. The maximum atomic E-state index is 12.2. The van der Waals surface area contributed by atoms with Crippen molar-refractivity contribution in [2.24, 2.45) is 0 Å². The molecule has 1 N–H and O–H groups in total. The Kier molecular flexibility index (Phi) is 4.88. The van der Waals surface area contributed by atoms with Gasteiger partial charge in [-0.15, -0.1) is 0 Å². The molecule has 0 saturated carbocycles. The van der Waals surface area contributed by atoms with Crippen molar-refractivity contribution < 1.29 is 9.53 Å². The molecule has 0 radical (unpaired) electrons. The number of hydrogen-bond donors (Lipinski definition) is 1. The predicted molar refractivity (Wildman–Crippen MR) is 88.3 cm³/mol. The van der Waals surface area contributed by atoms with Crippen LogP contribution in [0.3, 0.4) is 0 Å². The first-order valence-electron chi connectivity index (χ1n) is 8.06. The molecule has 2 heterocycles. The standard InChI is InChI=1S/C17H20N4O3/c1-24-17-13(6-4-8-19-17)16(23)18-9-10-21-15(22)11-12-5-2-3-7-14(12)20-21/h4,6,8,11H,2-3,5,7,9-10H2,1H3,(H,18,23). The number of fused-ring (bicyclic) bond motifs is 1. The van der Waals surface area contributed by atoms with E-state index in [1.807, 2.05) is 0 Å². The van der Waals surface area contributed by atoms with Crippen LogP contribution in [0.15, 0.2) is 29.2 Å². The molecular formula is C17H20N4O3. The molecule has 24 heavy (non-hydrogen) atoms. The SMILES string of the molecule is COc1ncccc1C(=O)NCCn1nc2c(cc1=O)CCCC2. The Bertz CT molecular complexity index is 801. The molecule has 1 amide bonds. The van der Waals surface area contributed by atoms with Gasteiger partial charge in [-0.25, -0.2) is 9.67 Å². The molecule has 7 heteroatoms. The summed E-state index contributed by atoms with van der Waals surface area (Å²) in [7, 11) is 1.47. The Morgan fingerprint density at radius 1 is 1.38 bits per heavy atom. The van der Waals surface area contributed by atoms with Gasteiger partial charge in [-0.1, -0.05) is 0 Å². The van der Waals surface area contributed by atoms with Crippen molar-refractivity contribution in [2.45, 2.75) is 32.2 Å². The Morgan fingerprint density at radius 3 is 3.04 bits per heavy atom. The van der Waals surface area contributed by atoms with Gasteiger partial charge in [0.05, 0.1) is 19.3 Å². The van der Waals surface area contributed by atoms with Gasteiger partial charge in [-0.3, -0.25) is 9.59 Å². The molecule has 0 spiro atoms. The van der Waals surface area contributed by atoms with Crippen LogP contribution in [0.5, 0.6) is 5.88 Å². The Hall–Kier alpha value is -2.70. The Labute approximate surface area is 139 Å². The first-order valence-corrected chi connectivity index (χ1v) is 8.06. The van der Waals surface area contributed by atoms with Crippen molar-refractivity contribution in [1.82, 2.24) is 20.1 Å². The molecule has 0 fully saturated rings. The smallest absolute Gasteiger partial charge is 0.267 e. The number of aryl methyl sites for hydroxylation is 2. The molecule has 2 aromatic heterocycles. The molecule has 1 aliphatic carbocycles. The average molecular weight is 328 g/mol. The lowest BCUT2D eigenvalue weighted by Crippen LogP contribution is -2.33. The summed E-state index contributed by atoms with van der Waals surface area (Å²) in [4.78, 5) is 28.3. The number of rotatable bonds is 5. The lowest BCUT2D eigenvalue weighted by Gasteiger charge is -2.16. The maximum absolute atomic E-state index is 12.2. The fourth-order valence-electron chi connectivity index (χ4n) is 2.86.